The van der Waals surface area contributed by atoms with E-state index < -0.39 is 5.60 Å². The van der Waals surface area contributed by atoms with Gasteiger partial charge in [0.1, 0.15) is 5.60 Å². The highest BCUT2D eigenvalue weighted by atomic mass is 16.6. The van der Waals surface area contributed by atoms with Gasteiger partial charge in [-0.25, -0.2) is 0 Å². The molecule has 3 rings (SSSR count). The predicted octanol–water partition coefficient (Wildman–Crippen LogP) is 1.17. The number of hydrogen-bond donors (Lipinski definition) is 1. The predicted molar refractivity (Wildman–Crippen MR) is 75.8 cm³/mol. The van der Waals surface area contributed by atoms with Crippen LogP contribution in [0.3, 0.4) is 0 Å². The highest BCUT2D eigenvalue weighted by Gasteiger charge is 2.53. The van der Waals surface area contributed by atoms with Crippen molar-refractivity contribution < 1.29 is 18.8 Å². The lowest BCUT2D eigenvalue weighted by atomic mass is 9.85. The smallest absolute Gasteiger partial charge is 0.307 e. The zero-order valence-corrected chi connectivity index (χ0v) is 12.8. The first-order chi connectivity index (χ1) is 10.6. The van der Waals surface area contributed by atoms with Crippen LogP contribution >= 0.6 is 0 Å². The zero-order valence-electron chi connectivity index (χ0n) is 12.8. The molecule has 1 saturated carbocycles. The average Bonchev–Trinajstić information content (AvgIpc) is 3.20. The van der Waals surface area contributed by atoms with E-state index in [2.05, 4.69) is 15.5 Å². The topological polar surface area (TPSA) is 94.3 Å². The Bertz CT molecular complexity index is 563. The van der Waals surface area contributed by atoms with Gasteiger partial charge in [0.05, 0.1) is 12.3 Å². The van der Waals surface area contributed by atoms with Gasteiger partial charge in [-0.15, -0.1) is 0 Å². The lowest BCUT2D eigenvalue weighted by molar-refractivity contribution is -0.149. The maximum atomic E-state index is 12.4. The summed E-state index contributed by atoms with van der Waals surface area (Å²) in [4.78, 5) is 28.2. The summed E-state index contributed by atoms with van der Waals surface area (Å²) < 4.78 is 10.6. The quantitative estimate of drug-likeness (QED) is 0.821. The van der Waals surface area contributed by atoms with Gasteiger partial charge >= 0.3 is 5.97 Å². The fraction of sp³-hybridized carbons (Fsp3) is 0.733. The third-order valence-electron chi connectivity index (χ3n) is 4.55. The fourth-order valence-corrected chi connectivity index (χ4v) is 3.40. The van der Waals surface area contributed by atoms with Crippen molar-refractivity contribution in [3.05, 3.63) is 11.7 Å². The number of ether oxygens (including phenoxy) is 1. The third kappa shape index (κ3) is 2.84. The van der Waals surface area contributed by atoms with Crippen molar-refractivity contribution in [1.82, 2.24) is 15.5 Å². The summed E-state index contributed by atoms with van der Waals surface area (Å²) in [7, 11) is 0. The molecule has 1 aromatic rings. The number of nitrogens with zero attached hydrogens (tertiary/aromatic N) is 2. The Hall–Kier alpha value is -1.92. The van der Waals surface area contributed by atoms with Crippen LogP contribution in [0.5, 0.6) is 0 Å². The first-order valence-electron chi connectivity index (χ1n) is 7.94. The molecule has 0 bridgehead atoms. The summed E-state index contributed by atoms with van der Waals surface area (Å²) in [5.74, 6) is 0.457. The number of hydrogen-bond acceptors (Lipinski definition) is 6. The molecular formula is C15H21N3O4. The Morgan fingerprint density at radius 1 is 1.41 bits per heavy atom. The summed E-state index contributed by atoms with van der Waals surface area (Å²) in [5, 5.41) is 6.69. The molecular weight excluding hydrogens is 286 g/mol. The number of carbonyl (C=O) groups is 2. The molecule has 2 fully saturated rings. The van der Waals surface area contributed by atoms with Crippen LogP contribution in [0, 0.1) is 5.92 Å². The maximum Gasteiger partial charge on any atom is 0.307 e. The molecule has 2 heterocycles. The lowest BCUT2D eigenvalue weighted by Gasteiger charge is -2.27. The molecule has 7 heteroatoms. The average molecular weight is 307 g/mol. The Labute approximate surface area is 128 Å². The van der Waals surface area contributed by atoms with E-state index in [1.54, 1.807) is 0 Å². The van der Waals surface area contributed by atoms with Crippen LogP contribution < -0.4 is 5.32 Å². The van der Waals surface area contributed by atoms with Gasteiger partial charge in [0.25, 0.3) is 0 Å². The maximum absolute atomic E-state index is 12.4. The van der Waals surface area contributed by atoms with Crippen LogP contribution in [-0.2, 0) is 27.2 Å². The standard InChI is InChI=1S/C15H21N3O4/c1-2-11-17-12(22-18-11)5-8-16-14(20)10-9-13(19)21-15(10)6-3-4-7-15/h10H,2-9H2,1H3,(H,16,20)/t10-/m0/s1. The molecule has 120 valence electrons. The highest BCUT2D eigenvalue weighted by molar-refractivity contribution is 5.87. The molecule has 1 aliphatic heterocycles. The number of esters is 1. The summed E-state index contributed by atoms with van der Waals surface area (Å²) >= 11 is 0. The highest BCUT2D eigenvalue weighted by Crippen LogP contribution is 2.45. The Morgan fingerprint density at radius 2 is 2.18 bits per heavy atom. The van der Waals surface area contributed by atoms with Gasteiger partial charge < -0.3 is 14.6 Å². The molecule has 1 atom stereocenters. The molecule has 1 spiro atoms. The molecule has 2 aliphatic rings. The monoisotopic (exact) mass is 307 g/mol. The van der Waals surface area contributed by atoms with Gasteiger partial charge in [-0.1, -0.05) is 12.1 Å². The molecule has 0 aromatic carbocycles. The van der Waals surface area contributed by atoms with Gasteiger partial charge in [-0.05, 0) is 25.7 Å². The second-order valence-electron chi connectivity index (χ2n) is 6.00. The van der Waals surface area contributed by atoms with E-state index >= 15 is 0 Å². The Morgan fingerprint density at radius 3 is 2.86 bits per heavy atom. The first-order valence-corrected chi connectivity index (χ1v) is 7.94. The Kier molecular flexibility index (Phi) is 4.13. The van der Waals surface area contributed by atoms with Gasteiger partial charge in [0.15, 0.2) is 5.82 Å². The van der Waals surface area contributed by atoms with Crippen molar-refractivity contribution >= 4 is 11.9 Å². The number of amides is 1. The SMILES string of the molecule is CCc1noc(CCNC(=O)[C@@H]2CC(=O)OC23CCCC3)n1. The van der Waals surface area contributed by atoms with Crippen molar-refractivity contribution in [2.24, 2.45) is 5.92 Å². The van der Waals surface area contributed by atoms with Crippen molar-refractivity contribution in [2.75, 3.05) is 6.54 Å². The number of aromatic nitrogens is 2. The van der Waals surface area contributed by atoms with Crippen LogP contribution in [0.2, 0.25) is 0 Å². The van der Waals surface area contributed by atoms with Crippen molar-refractivity contribution in [3.63, 3.8) is 0 Å². The number of nitrogens with one attached hydrogen (secondary N) is 1. The minimum absolute atomic E-state index is 0.108. The van der Waals surface area contributed by atoms with E-state index in [1.807, 2.05) is 6.92 Å². The summed E-state index contributed by atoms with van der Waals surface area (Å²) in [6.07, 6.45) is 5.01. The summed E-state index contributed by atoms with van der Waals surface area (Å²) in [5.41, 5.74) is -0.555. The number of rotatable bonds is 5. The first kappa shape index (κ1) is 15.0. The van der Waals surface area contributed by atoms with Crippen molar-refractivity contribution in [1.29, 1.82) is 0 Å². The third-order valence-corrected chi connectivity index (χ3v) is 4.55. The largest absolute Gasteiger partial charge is 0.458 e. The van der Waals surface area contributed by atoms with Crippen LogP contribution in [-0.4, -0.2) is 34.2 Å². The lowest BCUT2D eigenvalue weighted by Crippen LogP contribution is -2.43. The molecule has 1 saturated heterocycles. The summed E-state index contributed by atoms with van der Waals surface area (Å²) in [6, 6.07) is 0. The van der Waals surface area contributed by atoms with Crippen molar-refractivity contribution in [3.8, 4) is 0 Å². The van der Waals surface area contributed by atoms with Gasteiger partial charge in [-0.2, -0.15) is 4.98 Å². The molecule has 1 aliphatic carbocycles. The van der Waals surface area contributed by atoms with E-state index in [-0.39, 0.29) is 24.2 Å². The van der Waals surface area contributed by atoms with Gasteiger partial charge in [-0.3, -0.25) is 9.59 Å². The van der Waals surface area contributed by atoms with Gasteiger partial charge in [0, 0.05) is 19.4 Å². The van der Waals surface area contributed by atoms with Crippen molar-refractivity contribution in [2.45, 2.75) is 57.5 Å². The molecule has 0 unspecified atom stereocenters. The molecule has 1 N–H and O–H groups in total. The van der Waals surface area contributed by atoms with E-state index in [1.165, 1.54) is 0 Å². The molecule has 1 aromatic heterocycles. The summed E-state index contributed by atoms with van der Waals surface area (Å²) in [6.45, 7) is 2.37. The van der Waals surface area contributed by atoms with Gasteiger partial charge in [0.2, 0.25) is 11.8 Å². The van der Waals surface area contributed by atoms with Crippen LogP contribution in [0.1, 0.15) is 50.7 Å². The molecule has 0 radical (unpaired) electrons. The van der Waals surface area contributed by atoms with E-state index in [9.17, 15) is 9.59 Å². The number of carbonyl (C=O) groups excluding carboxylic acids is 2. The van der Waals surface area contributed by atoms with Crippen LogP contribution in [0.4, 0.5) is 0 Å². The van der Waals surface area contributed by atoms with Crippen LogP contribution in [0.15, 0.2) is 4.52 Å². The zero-order chi connectivity index (χ0) is 15.6. The van der Waals surface area contributed by atoms with E-state index in [0.717, 1.165) is 32.1 Å². The molecule has 7 nitrogen and oxygen atoms in total. The fourth-order valence-electron chi connectivity index (χ4n) is 3.40. The minimum Gasteiger partial charge on any atom is -0.458 e. The normalized spacial score (nSPS) is 23.0. The molecule has 22 heavy (non-hydrogen) atoms. The minimum atomic E-state index is -0.555. The second kappa shape index (κ2) is 6.06. The number of aryl methyl sites for hydroxylation is 1. The Balaban J connectivity index is 1.54. The van der Waals surface area contributed by atoms with E-state index in [0.29, 0.717) is 24.7 Å². The second-order valence-corrected chi connectivity index (χ2v) is 6.00. The van der Waals surface area contributed by atoms with Crippen LogP contribution in [0.25, 0.3) is 0 Å². The molecule has 1 amide bonds. The van der Waals surface area contributed by atoms with E-state index in [4.69, 9.17) is 9.26 Å².